The average Bonchev–Trinajstić information content (AvgIpc) is 3.44. The van der Waals surface area contributed by atoms with E-state index in [4.69, 9.17) is 9.84 Å². The third kappa shape index (κ3) is 3.58. The fraction of sp³-hybridized carbons (Fsp3) is 0.292. The van der Waals surface area contributed by atoms with E-state index in [0.717, 1.165) is 54.6 Å². The number of benzene rings is 2. The van der Waals surface area contributed by atoms with E-state index in [1.54, 1.807) is 4.68 Å². The highest BCUT2D eigenvalue weighted by Gasteiger charge is 2.24. The molecular formula is C24H22F2N6O. The topological polar surface area (TPSA) is 69.8 Å². The quantitative estimate of drug-likeness (QED) is 0.516. The van der Waals surface area contributed by atoms with E-state index in [1.807, 2.05) is 12.3 Å². The van der Waals surface area contributed by atoms with Crippen LogP contribution in [0.4, 0.5) is 8.78 Å². The van der Waals surface area contributed by atoms with Crippen LogP contribution in [0.3, 0.4) is 0 Å². The molecule has 1 saturated heterocycles. The van der Waals surface area contributed by atoms with Gasteiger partial charge in [-0.3, -0.25) is 0 Å². The molecule has 9 heteroatoms. The van der Waals surface area contributed by atoms with Crippen LogP contribution in [0.2, 0.25) is 0 Å². The average molecular weight is 448 g/mol. The van der Waals surface area contributed by atoms with Crippen molar-refractivity contribution in [2.75, 3.05) is 19.7 Å². The van der Waals surface area contributed by atoms with Gasteiger partial charge < -0.3 is 10.1 Å². The number of aromatic nitrogens is 5. The van der Waals surface area contributed by atoms with Crippen molar-refractivity contribution < 1.29 is 13.5 Å². The second kappa shape index (κ2) is 8.08. The van der Waals surface area contributed by atoms with E-state index in [2.05, 4.69) is 27.5 Å². The molecule has 0 spiro atoms. The fourth-order valence-corrected chi connectivity index (χ4v) is 4.68. The molecule has 0 radical (unpaired) electrons. The van der Waals surface area contributed by atoms with Crippen LogP contribution in [0.5, 0.6) is 5.75 Å². The number of hydrogen-bond donors (Lipinski definition) is 1. The standard InChI is InChI=1S/C24H22F2N6O/c25-18-2-3-21(20(26)12-18)32-24(28-14-29-32)31-13-17-7-10-33-22-4-1-16(11-19(22)23(17)30-31)15-5-8-27-9-6-15/h1-4,11-15,27H,5-10H2. The Bertz CT molecular complexity index is 1320. The predicted molar refractivity (Wildman–Crippen MR) is 118 cm³/mol. The molecule has 33 heavy (non-hydrogen) atoms. The van der Waals surface area contributed by atoms with Gasteiger partial charge in [0.05, 0.1) is 12.3 Å². The number of nitrogens with one attached hydrogen (secondary N) is 1. The Morgan fingerprint density at radius 2 is 1.94 bits per heavy atom. The summed E-state index contributed by atoms with van der Waals surface area (Å²) in [6, 6.07) is 9.75. The van der Waals surface area contributed by atoms with Crippen molar-refractivity contribution in [3.8, 4) is 28.6 Å². The number of fused-ring (bicyclic) bond motifs is 3. The summed E-state index contributed by atoms with van der Waals surface area (Å²) in [7, 11) is 0. The summed E-state index contributed by atoms with van der Waals surface area (Å²) in [6.07, 6.45) is 6.11. The molecule has 0 bridgehead atoms. The lowest BCUT2D eigenvalue weighted by atomic mass is 9.88. The largest absolute Gasteiger partial charge is 0.493 e. The number of halogens is 2. The van der Waals surface area contributed by atoms with Gasteiger partial charge in [-0.05, 0) is 61.7 Å². The van der Waals surface area contributed by atoms with Crippen LogP contribution >= 0.6 is 0 Å². The zero-order valence-corrected chi connectivity index (χ0v) is 17.8. The third-order valence-corrected chi connectivity index (χ3v) is 6.36. The zero-order chi connectivity index (χ0) is 22.4. The summed E-state index contributed by atoms with van der Waals surface area (Å²) < 4.78 is 36.8. The van der Waals surface area contributed by atoms with E-state index in [9.17, 15) is 8.78 Å². The zero-order valence-electron chi connectivity index (χ0n) is 17.8. The van der Waals surface area contributed by atoms with Crippen molar-refractivity contribution in [1.82, 2.24) is 29.9 Å². The van der Waals surface area contributed by atoms with Gasteiger partial charge in [0.15, 0.2) is 5.82 Å². The lowest BCUT2D eigenvalue weighted by Crippen LogP contribution is -2.26. The Hall–Kier alpha value is -3.59. The molecule has 2 aliphatic rings. The van der Waals surface area contributed by atoms with Crippen LogP contribution in [0.1, 0.15) is 29.9 Å². The Morgan fingerprint density at radius 3 is 2.79 bits per heavy atom. The molecule has 1 fully saturated rings. The van der Waals surface area contributed by atoms with Crippen LogP contribution in [-0.2, 0) is 6.42 Å². The van der Waals surface area contributed by atoms with Crippen LogP contribution in [0.15, 0.2) is 48.9 Å². The Kier molecular flexibility index (Phi) is 4.91. The minimum Gasteiger partial charge on any atom is -0.493 e. The molecule has 0 aliphatic carbocycles. The lowest BCUT2D eigenvalue weighted by molar-refractivity contribution is 0.326. The van der Waals surface area contributed by atoms with E-state index < -0.39 is 11.6 Å². The maximum Gasteiger partial charge on any atom is 0.253 e. The molecule has 4 heterocycles. The minimum absolute atomic E-state index is 0.103. The maximum absolute atomic E-state index is 14.4. The molecule has 2 aromatic heterocycles. The highest BCUT2D eigenvalue weighted by molar-refractivity contribution is 5.72. The molecule has 0 atom stereocenters. The number of rotatable bonds is 3. The number of hydrogen-bond acceptors (Lipinski definition) is 5. The second-order valence-electron chi connectivity index (χ2n) is 8.39. The van der Waals surface area contributed by atoms with Crippen LogP contribution in [-0.4, -0.2) is 44.2 Å². The summed E-state index contributed by atoms with van der Waals surface area (Å²) in [5.74, 6) is 0.272. The summed E-state index contributed by atoms with van der Waals surface area (Å²) in [4.78, 5) is 4.29. The number of nitrogens with zero attached hydrogens (tertiary/aromatic N) is 5. The van der Waals surface area contributed by atoms with Crippen molar-refractivity contribution in [3.63, 3.8) is 0 Å². The SMILES string of the molecule is Fc1ccc(-n2ncnc2-n2cc3c(n2)-c2cc(C4CCNCC4)ccc2OCC3)c(F)c1. The number of piperidine rings is 1. The first kappa shape index (κ1) is 20.0. The molecule has 2 aliphatic heterocycles. The first-order chi connectivity index (χ1) is 16.2. The van der Waals surface area contributed by atoms with Crippen LogP contribution < -0.4 is 10.1 Å². The van der Waals surface area contributed by atoms with E-state index in [-0.39, 0.29) is 5.69 Å². The molecule has 7 nitrogen and oxygen atoms in total. The van der Waals surface area contributed by atoms with Gasteiger partial charge in [0.2, 0.25) is 0 Å². The second-order valence-corrected chi connectivity index (χ2v) is 8.39. The third-order valence-electron chi connectivity index (χ3n) is 6.36. The predicted octanol–water partition coefficient (Wildman–Crippen LogP) is 3.80. The van der Waals surface area contributed by atoms with Gasteiger partial charge in [-0.1, -0.05) is 6.07 Å². The van der Waals surface area contributed by atoms with Crippen molar-refractivity contribution in [2.24, 2.45) is 0 Å². The number of ether oxygens (including phenoxy) is 1. The van der Waals surface area contributed by atoms with E-state index in [1.165, 1.54) is 28.7 Å². The Balaban J connectivity index is 1.43. The Labute approximate surface area is 189 Å². The van der Waals surface area contributed by atoms with Gasteiger partial charge in [0.25, 0.3) is 5.95 Å². The molecule has 0 saturated carbocycles. The van der Waals surface area contributed by atoms with E-state index >= 15 is 0 Å². The van der Waals surface area contributed by atoms with Crippen molar-refractivity contribution in [2.45, 2.75) is 25.2 Å². The van der Waals surface area contributed by atoms with Crippen molar-refractivity contribution >= 4 is 0 Å². The van der Waals surface area contributed by atoms with Gasteiger partial charge >= 0.3 is 0 Å². The van der Waals surface area contributed by atoms with E-state index in [0.29, 0.717) is 24.9 Å². The first-order valence-electron chi connectivity index (χ1n) is 11.1. The molecule has 4 aromatic rings. The normalized spacial score (nSPS) is 16.1. The molecular weight excluding hydrogens is 426 g/mol. The van der Waals surface area contributed by atoms with Gasteiger partial charge in [0, 0.05) is 29.8 Å². The fourth-order valence-electron chi connectivity index (χ4n) is 4.68. The lowest BCUT2D eigenvalue weighted by Gasteiger charge is -2.23. The Morgan fingerprint density at radius 1 is 1.06 bits per heavy atom. The van der Waals surface area contributed by atoms with Gasteiger partial charge in [0.1, 0.15) is 23.6 Å². The summed E-state index contributed by atoms with van der Waals surface area (Å²) in [6.45, 7) is 2.58. The molecule has 0 unspecified atom stereocenters. The van der Waals surface area contributed by atoms with Crippen LogP contribution in [0.25, 0.3) is 22.9 Å². The highest BCUT2D eigenvalue weighted by Crippen LogP contribution is 2.38. The molecule has 1 N–H and O–H groups in total. The van der Waals surface area contributed by atoms with Gasteiger partial charge in [-0.25, -0.2) is 13.5 Å². The van der Waals surface area contributed by atoms with Crippen molar-refractivity contribution in [1.29, 1.82) is 0 Å². The minimum atomic E-state index is -0.721. The van der Waals surface area contributed by atoms with Gasteiger partial charge in [-0.15, -0.1) is 0 Å². The smallest absolute Gasteiger partial charge is 0.253 e. The summed E-state index contributed by atoms with van der Waals surface area (Å²) in [5.41, 5.74) is 4.19. The highest BCUT2D eigenvalue weighted by atomic mass is 19.1. The molecule has 2 aromatic carbocycles. The monoisotopic (exact) mass is 448 g/mol. The molecule has 6 rings (SSSR count). The summed E-state index contributed by atoms with van der Waals surface area (Å²) in [5, 5.41) is 12.4. The molecule has 0 amide bonds. The summed E-state index contributed by atoms with van der Waals surface area (Å²) >= 11 is 0. The molecule has 168 valence electrons. The van der Waals surface area contributed by atoms with Crippen LogP contribution in [0, 0.1) is 11.6 Å². The first-order valence-corrected chi connectivity index (χ1v) is 11.1. The van der Waals surface area contributed by atoms with Gasteiger partial charge in [-0.2, -0.15) is 19.9 Å². The maximum atomic E-state index is 14.4. The van der Waals surface area contributed by atoms with Crippen molar-refractivity contribution in [3.05, 3.63) is 71.7 Å².